The van der Waals surface area contributed by atoms with Crippen molar-refractivity contribution in [2.24, 2.45) is 0 Å². The molecule has 2 heterocycles. The lowest BCUT2D eigenvalue weighted by Crippen LogP contribution is -2.42. The molecule has 0 bridgehead atoms. The van der Waals surface area contributed by atoms with E-state index in [0.717, 1.165) is 5.56 Å². The summed E-state index contributed by atoms with van der Waals surface area (Å²) in [6.07, 6.45) is -0.839. The third-order valence-corrected chi connectivity index (χ3v) is 10.2. The van der Waals surface area contributed by atoms with Gasteiger partial charge in [-0.2, -0.15) is 28.1 Å². The van der Waals surface area contributed by atoms with Crippen LogP contribution in [-0.2, 0) is 20.3 Å². The lowest BCUT2D eigenvalue weighted by molar-refractivity contribution is -0.154. The van der Waals surface area contributed by atoms with Crippen molar-refractivity contribution in [1.82, 2.24) is 24.7 Å². The summed E-state index contributed by atoms with van der Waals surface area (Å²) in [6, 6.07) is 15.2. The van der Waals surface area contributed by atoms with Gasteiger partial charge in [-0.25, -0.2) is 17.9 Å². The molecular weight excluding hydrogens is 705 g/mol. The van der Waals surface area contributed by atoms with Gasteiger partial charge in [-0.3, -0.25) is 15.1 Å². The topological polar surface area (TPSA) is 186 Å². The minimum atomic E-state index is -4.64. The van der Waals surface area contributed by atoms with E-state index in [1.54, 1.807) is 24.3 Å². The lowest BCUT2D eigenvalue weighted by Gasteiger charge is -2.19. The van der Waals surface area contributed by atoms with Gasteiger partial charge in [0.15, 0.2) is 6.61 Å². The number of hydrogen-bond acceptors (Lipinski definition) is 12. The largest absolute Gasteiger partial charge is 0.454 e. The number of rotatable bonds is 13. The molecular formula is C31H28ClF3N8O6S. The van der Waals surface area contributed by atoms with Gasteiger partial charge in [-0.05, 0) is 79.8 Å². The Balaban J connectivity index is 1.10. The molecule has 4 aromatic rings. The highest BCUT2D eigenvalue weighted by molar-refractivity contribution is 7.91. The fourth-order valence-electron chi connectivity index (χ4n) is 4.81. The maximum Gasteiger partial charge on any atom is 0.422 e. The van der Waals surface area contributed by atoms with Crippen LogP contribution in [0.4, 0.5) is 41.2 Å². The van der Waals surface area contributed by atoms with Gasteiger partial charge >= 0.3 is 18.3 Å². The molecule has 0 radical (unpaired) electrons. The van der Waals surface area contributed by atoms with E-state index in [1.165, 1.54) is 36.7 Å². The van der Waals surface area contributed by atoms with Gasteiger partial charge < -0.3 is 20.1 Å². The number of anilines is 4. The van der Waals surface area contributed by atoms with E-state index in [4.69, 9.17) is 21.1 Å². The van der Waals surface area contributed by atoms with Crippen LogP contribution in [0.25, 0.3) is 0 Å². The quantitative estimate of drug-likeness (QED) is 0.135. The number of carbonyl (C=O) groups excluding carboxylic acids is 2. The van der Waals surface area contributed by atoms with Crippen molar-refractivity contribution < 1.29 is 40.7 Å². The van der Waals surface area contributed by atoms with Crippen molar-refractivity contribution in [1.29, 1.82) is 0 Å². The Morgan fingerprint density at radius 1 is 0.900 bits per heavy atom. The predicted molar refractivity (Wildman–Crippen MR) is 175 cm³/mol. The van der Waals surface area contributed by atoms with E-state index >= 15 is 0 Å². The van der Waals surface area contributed by atoms with E-state index in [1.807, 2.05) is 16.9 Å². The van der Waals surface area contributed by atoms with E-state index in [2.05, 4.69) is 35.9 Å². The van der Waals surface area contributed by atoms with E-state index < -0.39 is 57.7 Å². The maximum absolute atomic E-state index is 13.1. The standard InChI is InChI=1S/C31H28ClF3N8O6S/c32-21-7-5-20(6-8-21)30(13-14-30)42-26-39-25(40-27(41-26)48-18-31(33,34)35)37-22-9-3-19(4-10-22)24(44)43-50(46,47)29(11-12-29)17-49-28(45)38-23-2-1-15-36-16-23/h1-10,15-16H,11-14,17-18H2,(H,38,45)(H,43,44)(H2,37,39,40,41,42). The fourth-order valence-corrected chi connectivity index (χ4v) is 6.37. The Hall–Kier alpha value is -5.23. The van der Waals surface area contributed by atoms with Crippen LogP contribution in [0.5, 0.6) is 6.01 Å². The molecule has 14 nitrogen and oxygen atoms in total. The molecule has 2 amide bonds. The number of aromatic nitrogens is 4. The number of carbonyl (C=O) groups is 2. The summed E-state index contributed by atoms with van der Waals surface area (Å²) in [5.74, 6) is -1.12. The molecule has 0 atom stereocenters. The highest BCUT2D eigenvalue weighted by Gasteiger charge is 2.56. The van der Waals surface area contributed by atoms with Gasteiger partial charge in [-0.1, -0.05) is 23.7 Å². The van der Waals surface area contributed by atoms with Crippen LogP contribution in [0.2, 0.25) is 5.02 Å². The van der Waals surface area contributed by atoms with Crippen LogP contribution < -0.4 is 25.4 Å². The number of hydrogen-bond donors (Lipinski definition) is 4. The van der Waals surface area contributed by atoms with E-state index in [9.17, 15) is 31.2 Å². The zero-order valence-electron chi connectivity index (χ0n) is 25.8. The van der Waals surface area contributed by atoms with Gasteiger partial charge in [0.1, 0.15) is 11.4 Å². The second-order valence-corrected chi connectivity index (χ2v) is 14.2. The smallest absolute Gasteiger partial charge is 0.422 e. The van der Waals surface area contributed by atoms with E-state index in [0.29, 0.717) is 29.2 Å². The van der Waals surface area contributed by atoms with Crippen LogP contribution in [0, 0.1) is 0 Å². The Labute approximate surface area is 288 Å². The van der Waals surface area contributed by atoms with Gasteiger partial charge in [-0.15, -0.1) is 0 Å². The molecule has 2 aliphatic rings. The monoisotopic (exact) mass is 732 g/mol. The first kappa shape index (κ1) is 34.6. The first-order valence-corrected chi connectivity index (χ1v) is 16.9. The number of pyridine rings is 1. The maximum atomic E-state index is 13.1. The number of nitrogens with zero attached hydrogens (tertiary/aromatic N) is 4. The van der Waals surface area contributed by atoms with Crippen LogP contribution in [0.1, 0.15) is 41.6 Å². The highest BCUT2D eigenvalue weighted by Crippen LogP contribution is 2.48. The molecule has 2 aromatic heterocycles. The zero-order valence-corrected chi connectivity index (χ0v) is 27.4. The van der Waals surface area contributed by atoms with Crippen molar-refractivity contribution in [3.05, 3.63) is 89.2 Å². The number of benzene rings is 2. The summed E-state index contributed by atoms with van der Waals surface area (Å²) in [5.41, 5.74) is 0.985. The van der Waals surface area contributed by atoms with Crippen molar-refractivity contribution >= 4 is 56.9 Å². The number of nitrogens with one attached hydrogen (secondary N) is 4. The van der Waals surface area contributed by atoms with Crippen LogP contribution in [0.15, 0.2) is 73.1 Å². The SMILES string of the molecule is O=C(Nc1cccnc1)OCC1(S(=O)(=O)NC(=O)c2ccc(Nc3nc(NC4(c5ccc(Cl)cc5)CC4)nc(OCC(F)(F)F)n3)cc2)CC1. The Kier molecular flexibility index (Phi) is 9.41. The van der Waals surface area contributed by atoms with Crippen molar-refractivity contribution in [3.63, 3.8) is 0 Å². The highest BCUT2D eigenvalue weighted by atomic mass is 35.5. The molecule has 2 aliphatic carbocycles. The number of alkyl halides is 3. The van der Waals surface area contributed by atoms with Gasteiger partial charge in [0.2, 0.25) is 21.9 Å². The number of sulfonamides is 1. The zero-order chi connectivity index (χ0) is 35.6. The molecule has 262 valence electrons. The summed E-state index contributed by atoms with van der Waals surface area (Å²) >= 11 is 6.01. The number of halogens is 4. The summed E-state index contributed by atoms with van der Waals surface area (Å²) in [6.45, 7) is -2.10. The third-order valence-electron chi connectivity index (χ3n) is 7.86. The normalized spacial score (nSPS) is 15.7. The second-order valence-electron chi connectivity index (χ2n) is 11.6. The molecule has 0 aliphatic heterocycles. The van der Waals surface area contributed by atoms with Gasteiger partial charge in [0.25, 0.3) is 5.91 Å². The lowest BCUT2D eigenvalue weighted by atomic mass is 10.1. The average Bonchev–Trinajstić information content (AvgIpc) is 4.01. The van der Waals surface area contributed by atoms with Crippen LogP contribution in [-0.4, -0.2) is 64.5 Å². The minimum absolute atomic E-state index is 0.0176. The Bertz CT molecular complexity index is 1980. The molecule has 4 N–H and O–H groups in total. The molecule has 0 saturated heterocycles. The van der Waals surface area contributed by atoms with Gasteiger partial charge in [0, 0.05) is 22.5 Å². The first-order chi connectivity index (χ1) is 23.7. The Morgan fingerprint density at radius 3 is 2.22 bits per heavy atom. The summed E-state index contributed by atoms with van der Waals surface area (Å²) in [5, 5.41) is 8.99. The van der Waals surface area contributed by atoms with Crippen molar-refractivity contribution in [2.45, 2.75) is 42.1 Å². The molecule has 0 unspecified atom stereocenters. The first-order valence-electron chi connectivity index (χ1n) is 15.0. The molecule has 6 rings (SSSR count). The second kappa shape index (κ2) is 13.6. The molecule has 2 aromatic carbocycles. The molecule has 2 fully saturated rings. The van der Waals surface area contributed by atoms with E-state index in [-0.39, 0.29) is 30.3 Å². The predicted octanol–water partition coefficient (Wildman–Crippen LogP) is 5.55. The van der Waals surface area contributed by atoms with Gasteiger partial charge in [0.05, 0.1) is 17.4 Å². The number of ether oxygens (including phenoxy) is 2. The molecule has 50 heavy (non-hydrogen) atoms. The molecule has 19 heteroatoms. The van der Waals surface area contributed by atoms with Crippen LogP contribution in [0.3, 0.4) is 0 Å². The molecule has 0 spiro atoms. The molecule has 2 saturated carbocycles. The Morgan fingerprint density at radius 2 is 1.60 bits per heavy atom. The van der Waals surface area contributed by atoms with Crippen LogP contribution >= 0.6 is 11.6 Å². The summed E-state index contributed by atoms with van der Waals surface area (Å²) in [4.78, 5) is 41.2. The fraction of sp³-hybridized carbons (Fsp3) is 0.290. The minimum Gasteiger partial charge on any atom is -0.454 e. The van der Waals surface area contributed by atoms with Crippen molar-refractivity contribution in [3.8, 4) is 6.01 Å². The summed E-state index contributed by atoms with van der Waals surface area (Å²) in [7, 11) is -4.25. The average molecular weight is 733 g/mol. The third kappa shape index (κ3) is 8.49. The summed E-state index contributed by atoms with van der Waals surface area (Å²) < 4.78 is 75.4. The number of amides is 2. The van der Waals surface area contributed by atoms with Crippen molar-refractivity contribution in [2.75, 3.05) is 29.2 Å².